The van der Waals surface area contributed by atoms with Crippen LogP contribution >= 0.6 is 11.3 Å². The highest BCUT2D eigenvalue weighted by Gasteiger charge is 2.16. The van der Waals surface area contributed by atoms with Crippen LogP contribution in [0.1, 0.15) is 0 Å². The molecule has 3 aromatic rings. The molecule has 0 saturated heterocycles. The average molecular weight is 352 g/mol. The minimum atomic E-state index is -4.94. The quantitative estimate of drug-likeness (QED) is 0.562. The molecule has 0 amide bonds. The third kappa shape index (κ3) is 5.72. The highest BCUT2D eigenvalue weighted by Crippen LogP contribution is 2.30. The van der Waals surface area contributed by atoms with Crippen molar-refractivity contribution in [2.45, 2.75) is 0 Å². The van der Waals surface area contributed by atoms with Gasteiger partial charge in [-0.15, -0.1) is 10.2 Å². The highest BCUT2D eigenvalue weighted by molar-refractivity contribution is 7.17. The summed E-state index contributed by atoms with van der Waals surface area (Å²) in [6.45, 7) is 0. The molecule has 0 atom stereocenters. The van der Waals surface area contributed by atoms with Crippen molar-refractivity contribution in [2.24, 2.45) is 7.05 Å². The van der Waals surface area contributed by atoms with E-state index in [0.29, 0.717) is 0 Å². The maximum atomic E-state index is 8.49. The summed E-state index contributed by atoms with van der Waals surface area (Å²) >= 11 is 1.83. The molecular weight excluding hydrogens is 338 g/mol. The highest BCUT2D eigenvalue weighted by atomic mass is 35.7. The molecule has 3 rings (SSSR count). The van der Waals surface area contributed by atoms with E-state index in [9.17, 15) is 0 Å². The fourth-order valence-electron chi connectivity index (χ4n) is 2.02. The van der Waals surface area contributed by atoms with Crippen molar-refractivity contribution in [3.8, 4) is 21.0 Å². The molecular formula is C16H14ClNO4S. The van der Waals surface area contributed by atoms with Crippen molar-refractivity contribution in [1.82, 2.24) is 0 Å². The second kappa shape index (κ2) is 7.65. The number of aromatic nitrogens is 1. The van der Waals surface area contributed by atoms with Gasteiger partial charge >= 0.3 is 0 Å². The van der Waals surface area contributed by atoms with Crippen LogP contribution in [0.2, 0.25) is 0 Å². The molecule has 0 N–H and O–H groups in total. The molecule has 2 aromatic carbocycles. The molecule has 1 heterocycles. The van der Waals surface area contributed by atoms with E-state index < -0.39 is 10.2 Å². The van der Waals surface area contributed by atoms with Gasteiger partial charge in [0.25, 0.3) is 5.01 Å². The standard InChI is InChI=1S/C16H14NS.ClHO4/c1-17-12-15(13-8-4-2-5-9-13)18-16(17)14-10-6-3-7-11-14;2-1(3,4)5/h2-12H,1H3;(H,2,3,4,5)/q+1;/p-1. The van der Waals surface area contributed by atoms with Crippen LogP contribution in [0, 0.1) is 10.2 Å². The fraction of sp³-hybridized carbons (Fsp3) is 0.0625. The summed E-state index contributed by atoms with van der Waals surface area (Å²) in [6.07, 6.45) is 2.20. The molecule has 0 bridgehead atoms. The minimum Gasteiger partial charge on any atom is -0.222 e. The lowest BCUT2D eigenvalue weighted by molar-refractivity contribution is -2.00. The normalized spacial score (nSPS) is 10.8. The number of nitrogens with zero attached hydrogens (tertiary/aromatic N) is 1. The number of hydrogen-bond donors (Lipinski definition) is 0. The first-order valence-electron chi connectivity index (χ1n) is 6.56. The Morgan fingerprint density at radius 2 is 1.22 bits per heavy atom. The minimum absolute atomic E-state index is 1.27. The van der Waals surface area contributed by atoms with Gasteiger partial charge in [-0.1, -0.05) is 59.9 Å². The van der Waals surface area contributed by atoms with Gasteiger partial charge in [-0.25, -0.2) is 18.6 Å². The van der Waals surface area contributed by atoms with Crippen molar-refractivity contribution in [1.29, 1.82) is 0 Å². The topological polar surface area (TPSA) is 96.1 Å². The van der Waals surface area contributed by atoms with Crippen LogP contribution in [0.25, 0.3) is 21.0 Å². The summed E-state index contributed by atoms with van der Waals surface area (Å²) in [5.41, 5.74) is 2.55. The molecule has 0 aliphatic rings. The van der Waals surface area contributed by atoms with E-state index in [0.717, 1.165) is 0 Å². The lowest BCUT2D eigenvalue weighted by Gasteiger charge is -2.17. The van der Waals surface area contributed by atoms with E-state index in [1.54, 1.807) is 0 Å². The van der Waals surface area contributed by atoms with E-state index in [1.807, 2.05) is 11.3 Å². The maximum Gasteiger partial charge on any atom is 0.269 e. The van der Waals surface area contributed by atoms with E-state index in [2.05, 4.69) is 78.5 Å². The first-order valence-corrected chi connectivity index (χ1v) is 8.62. The summed E-state index contributed by atoms with van der Waals surface area (Å²) in [5.74, 6) is 0. The van der Waals surface area contributed by atoms with E-state index in [1.165, 1.54) is 21.0 Å². The number of hydrogen-bond acceptors (Lipinski definition) is 5. The first-order chi connectivity index (χ1) is 10.8. The second-order valence-corrected chi connectivity index (χ2v) is 6.41. The molecule has 0 unspecified atom stereocenters. The zero-order valence-corrected chi connectivity index (χ0v) is 13.8. The lowest BCUT2D eigenvalue weighted by Crippen LogP contribution is -2.68. The second-order valence-electron chi connectivity index (χ2n) is 4.62. The molecule has 0 radical (unpaired) electrons. The number of thiazole rings is 1. The Kier molecular flexibility index (Phi) is 5.84. The molecule has 7 heteroatoms. The van der Waals surface area contributed by atoms with Gasteiger partial charge < -0.3 is 0 Å². The third-order valence-electron chi connectivity index (χ3n) is 2.92. The van der Waals surface area contributed by atoms with Crippen LogP contribution in [0.3, 0.4) is 0 Å². The van der Waals surface area contributed by atoms with Crippen molar-refractivity contribution in [3.05, 3.63) is 66.9 Å². The van der Waals surface area contributed by atoms with Crippen LogP contribution in [-0.2, 0) is 7.05 Å². The molecule has 0 fully saturated rings. The van der Waals surface area contributed by atoms with Gasteiger partial charge in [0.2, 0.25) is 0 Å². The van der Waals surface area contributed by atoms with Crippen molar-refractivity contribution in [2.75, 3.05) is 0 Å². The van der Waals surface area contributed by atoms with Gasteiger partial charge in [0.05, 0.1) is 5.56 Å². The Morgan fingerprint density at radius 3 is 1.70 bits per heavy atom. The van der Waals surface area contributed by atoms with Crippen LogP contribution in [0.5, 0.6) is 0 Å². The summed E-state index contributed by atoms with van der Waals surface area (Å²) in [4.78, 5) is 1.30. The fourth-order valence-corrected chi connectivity index (χ4v) is 3.14. The van der Waals surface area contributed by atoms with Gasteiger partial charge in [0, 0.05) is 0 Å². The SMILES string of the molecule is C[n+]1cc(-c2ccccc2)sc1-c1ccccc1.[O-][Cl+3]([O-])([O-])[O-]. The number of halogens is 1. The molecule has 0 aliphatic heterocycles. The lowest BCUT2D eigenvalue weighted by atomic mass is 10.2. The summed E-state index contributed by atoms with van der Waals surface area (Å²) < 4.78 is 36.2. The number of benzene rings is 2. The number of rotatable bonds is 2. The van der Waals surface area contributed by atoms with E-state index in [4.69, 9.17) is 18.6 Å². The molecule has 120 valence electrons. The van der Waals surface area contributed by atoms with Gasteiger partial charge in [0.1, 0.15) is 11.9 Å². The summed E-state index contributed by atoms with van der Waals surface area (Å²) in [7, 11) is -2.84. The molecule has 23 heavy (non-hydrogen) atoms. The Labute approximate surface area is 140 Å². The Morgan fingerprint density at radius 1 is 0.783 bits per heavy atom. The zero-order chi connectivity index (χ0) is 16.9. The van der Waals surface area contributed by atoms with Gasteiger partial charge in [-0.3, -0.25) is 0 Å². The molecule has 0 spiro atoms. The van der Waals surface area contributed by atoms with Crippen molar-refractivity contribution < 1.29 is 33.4 Å². The summed E-state index contributed by atoms with van der Waals surface area (Å²) in [6, 6.07) is 21.0. The molecule has 1 aromatic heterocycles. The smallest absolute Gasteiger partial charge is 0.222 e. The van der Waals surface area contributed by atoms with Gasteiger partial charge in [-0.05, 0) is 17.7 Å². The molecule has 0 saturated carbocycles. The number of aryl methyl sites for hydroxylation is 1. The predicted octanol–water partition coefficient (Wildman–Crippen LogP) is -0.849. The first kappa shape index (κ1) is 17.6. The largest absolute Gasteiger partial charge is 0.269 e. The van der Waals surface area contributed by atoms with Crippen LogP contribution in [0.15, 0.2) is 66.9 Å². The Bertz CT molecular complexity index is 736. The van der Waals surface area contributed by atoms with E-state index >= 15 is 0 Å². The molecule has 5 nitrogen and oxygen atoms in total. The van der Waals surface area contributed by atoms with Gasteiger partial charge in [-0.2, -0.15) is 4.57 Å². The van der Waals surface area contributed by atoms with Crippen molar-refractivity contribution in [3.63, 3.8) is 0 Å². The monoisotopic (exact) mass is 351 g/mol. The summed E-state index contributed by atoms with van der Waals surface area (Å²) in [5, 5.41) is 1.29. The maximum absolute atomic E-state index is 8.49. The average Bonchev–Trinajstić information content (AvgIpc) is 2.89. The predicted molar refractivity (Wildman–Crippen MR) is 76.4 cm³/mol. The van der Waals surface area contributed by atoms with Gasteiger partial charge in [0.15, 0.2) is 6.20 Å². The zero-order valence-electron chi connectivity index (χ0n) is 12.2. The van der Waals surface area contributed by atoms with Crippen LogP contribution in [-0.4, -0.2) is 0 Å². The van der Waals surface area contributed by atoms with E-state index in [-0.39, 0.29) is 0 Å². The van der Waals surface area contributed by atoms with Crippen LogP contribution in [0.4, 0.5) is 0 Å². The van der Waals surface area contributed by atoms with Crippen LogP contribution < -0.4 is 23.2 Å². The Balaban J connectivity index is 0.000000338. The molecule has 0 aliphatic carbocycles. The Hall–Kier alpha value is -1.80. The van der Waals surface area contributed by atoms with Crippen molar-refractivity contribution >= 4 is 11.3 Å². The third-order valence-corrected chi connectivity index (χ3v) is 4.19.